The smallest absolute Gasteiger partial charge is 0.129 e. The standard InChI is InChI=1S/C21H15BrN2S.BrH/c22-18-13-11-16(12-14-18)20-15-25-21(17-7-3-1-4-8-17)23-24(20)19-9-5-2-6-10-19;/h1-15H;1H. The van der Waals surface area contributed by atoms with Crippen LogP contribution in [0.25, 0.3) is 5.70 Å². The number of nitrogens with zero attached hydrogens (tertiary/aromatic N) is 2. The first-order chi connectivity index (χ1) is 12.3. The van der Waals surface area contributed by atoms with Crippen molar-refractivity contribution in [3.63, 3.8) is 0 Å². The second-order valence-corrected chi connectivity index (χ2v) is 7.32. The summed E-state index contributed by atoms with van der Waals surface area (Å²) < 4.78 is 1.07. The Morgan fingerprint density at radius 2 is 1.35 bits per heavy atom. The van der Waals surface area contributed by atoms with Gasteiger partial charge in [-0.1, -0.05) is 88.4 Å². The number of anilines is 1. The van der Waals surface area contributed by atoms with E-state index >= 15 is 0 Å². The van der Waals surface area contributed by atoms with Crippen molar-refractivity contribution in [2.24, 2.45) is 5.10 Å². The average Bonchev–Trinajstić information content (AvgIpc) is 2.70. The Morgan fingerprint density at radius 3 is 2.00 bits per heavy atom. The molecule has 1 heterocycles. The van der Waals surface area contributed by atoms with Gasteiger partial charge in [0.05, 0.1) is 11.4 Å². The van der Waals surface area contributed by atoms with Crippen molar-refractivity contribution in [2.75, 3.05) is 5.01 Å². The monoisotopic (exact) mass is 486 g/mol. The molecular weight excluding hydrogens is 472 g/mol. The Morgan fingerprint density at radius 1 is 0.731 bits per heavy atom. The van der Waals surface area contributed by atoms with Crippen LogP contribution in [0.2, 0.25) is 0 Å². The molecule has 1 aliphatic rings. The van der Waals surface area contributed by atoms with Gasteiger partial charge in [-0.15, -0.1) is 17.0 Å². The largest absolute Gasteiger partial charge is 0.232 e. The van der Waals surface area contributed by atoms with Crippen molar-refractivity contribution in [1.29, 1.82) is 0 Å². The third-order valence-corrected chi connectivity index (χ3v) is 5.27. The molecular formula is C21H16Br2N2S. The molecule has 26 heavy (non-hydrogen) atoms. The summed E-state index contributed by atoms with van der Waals surface area (Å²) in [7, 11) is 0. The minimum absolute atomic E-state index is 0. The van der Waals surface area contributed by atoms with Gasteiger partial charge in [-0.05, 0) is 24.3 Å². The first kappa shape index (κ1) is 19.0. The summed E-state index contributed by atoms with van der Waals surface area (Å²) in [6.07, 6.45) is 0. The number of para-hydroxylation sites is 1. The third-order valence-electron chi connectivity index (χ3n) is 3.86. The van der Waals surface area contributed by atoms with Crippen LogP contribution in [0.15, 0.2) is 99.9 Å². The number of rotatable bonds is 3. The zero-order valence-corrected chi connectivity index (χ0v) is 17.9. The molecule has 130 valence electrons. The van der Waals surface area contributed by atoms with Crippen molar-refractivity contribution in [1.82, 2.24) is 0 Å². The highest BCUT2D eigenvalue weighted by Crippen LogP contribution is 2.35. The van der Waals surface area contributed by atoms with E-state index in [1.807, 2.05) is 41.4 Å². The van der Waals surface area contributed by atoms with Crippen LogP contribution in [0, 0.1) is 0 Å². The number of thioether (sulfide) groups is 1. The van der Waals surface area contributed by atoms with Crippen LogP contribution in [0.1, 0.15) is 11.1 Å². The van der Waals surface area contributed by atoms with Crippen LogP contribution in [-0.4, -0.2) is 5.04 Å². The molecule has 0 bridgehead atoms. The first-order valence-electron chi connectivity index (χ1n) is 7.93. The van der Waals surface area contributed by atoms with Gasteiger partial charge in [-0.3, -0.25) is 0 Å². The van der Waals surface area contributed by atoms with Crippen LogP contribution in [0.5, 0.6) is 0 Å². The van der Waals surface area contributed by atoms with E-state index in [-0.39, 0.29) is 17.0 Å². The summed E-state index contributed by atoms with van der Waals surface area (Å²) in [6, 6.07) is 28.9. The summed E-state index contributed by atoms with van der Waals surface area (Å²) in [4.78, 5) is 0. The number of hydrazone groups is 1. The van der Waals surface area contributed by atoms with Gasteiger partial charge < -0.3 is 0 Å². The quantitative estimate of drug-likeness (QED) is 0.397. The average molecular weight is 488 g/mol. The highest BCUT2D eigenvalue weighted by molar-refractivity contribution is 9.10. The Labute approximate surface area is 176 Å². The predicted octanol–water partition coefficient (Wildman–Crippen LogP) is 6.94. The maximum Gasteiger partial charge on any atom is 0.129 e. The Balaban J connectivity index is 0.00000196. The van der Waals surface area contributed by atoms with Gasteiger partial charge >= 0.3 is 0 Å². The lowest BCUT2D eigenvalue weighted by Gasteiger charge is -2.27. The summed E-state index contributed by atoms with van der Waals surface area (Å²) in [5.74, 6) is 0. The number of hydrogen-bond acceptors (Lipinski definition) is 3. The Bertz CT molecular complexity index is 923. The van der Waals surface area contributed by atoms with E-state index in [0.29, 0.717) is 0 Å². The maximum atomic E-state index is 4.94. The van der Waals surface area contributed by atoms with Crippen LogP contribution in [0.3, 0.4) is 0 Å². The SMILES string of the molecule is Br.Brc1ccc(C2=CSC(c3ccccc3)=NN2c2ccccc2)cc1. The maximum absolute atomic E-state index is 4.94. The number of hydrogen-bond donors (Lipinski definition) is 0. The lowest BCUT2D eigenvalue weighted by molar-refractivity contribution is 1.10. The Kier molecular flexibility index (Phi) is 6.35. The van der Waals surface area contributed by atoms with Gasteiger partial charge in [0.1, 0.15) is 5.04 Å². The predicted molar refractivity (Wildman–Crippen MR) is 122 cm³/mol. The molecule has 0 aromatic heterocycles. The summed E-state index contributed by atoms with van der Waals surface area (Å²) >= 11 is 5.16. The normalized spacial score (nSPS) is 13.5. The van der Waals surface area contributed by atoms with E-state index in [0.717, 1.165) is 32.0 Å². The molecule has 4 rings (SSSR count). The molecule has 0 saturated carbocycles. The molecule has 3 aromatic rings. The van der Waals surface area contributed by atoms with Gasteiger partial charge in [-0.25, -0.2) is 5.01 Å². The van der Waals surface area contributed by atoms with E-state index < -0.39 is 0 Å². The van der Waals surface area contributed by atoms with Gasteiger partial charge in [-0.2, -0.15) is 5.10 Å². The third kappa shape index (κ3) is 4.11. The minimum atomic E-state index is 0. The summed E-state index contributed by atoms with van der Waals surface area (Å²) in [6.45, 7) is 0. The first-order valence-corrected chi connectivity index (χ1v) is 9.60. The van der Waals surface area contributed by atoms with Gasteiger partial charge in [0.2, 0.25) is 0 Å². The molecule has 0 radical (unpaired) electrons. The fraction of sp³-hybridized carbons (Fsp3) is 0. The van der Waals surface area contributed by atoms with E-state index in [4.69, 9.17) is 5.10 Å². The van der Waals surface area contributed by atoms with Crippen LogP contribution in [0.4, 0.5) is 5.69 Å². The van der Waals surface area contributed by atoms with Crippen molar-refractivity contribution < 1.29 is 0 Å². The number of halogens is 2. The molecule has 1 aliphatic heterocycles. The highest BCUT2D eigenvalue weighted by atomic mass is 79.9. The highest BCUT2D eigenvalue weighted by Gasteiger charge is 2.20. The molecule has 0 fully saturated rings. The van der Waals surface area contributed by atoms with E-state index in [1.165, 1.54) is 0 Å². The zero-order valence-electron chi connectivity index (χ0n) is 13.7. The van der Waals surface area contributed by atoms with Gasteiger partial charge in [0.15, 0.2) is 0 Å². The lowest BCUT2D eigenvalue weighted by Crippen LogP contribution is -2.20. The molecule has 0 unspecified atom stereocenters. The van der Waals surface area contributed by atoms with Gasteiger partial charge in [0.25, 0.3) is 0 Å². The minimum Gasteiger partial charge on any atom is -0.232 e. The molecule has 2 nitrogen and oxygen atoms in total. The summed E-state index contributed by atoms with van der Waals surface area (Å²) in [5, 5.41) is 10.1. The zero-order chi connectivity index (χ0) is 17.1. The van der Waals surface area contributed by atoms with Crippen LogP contribution >= 0.6 is 44.7 Å². The molecule has 5 heteroatoms. The fourth-order valence-electron chi connectivity index (χ4n) is 2.61. The van der Waals surface area contributed by atoms with E-state index in [9.17, 15) is 0 Å². The summed E-state index contributed by atoms with van der Waals surface area (Å²) in [5.41, 5.74) is 4.38. The second kappa shape index (κ2) is 8.71. The van der Waals surface area contributed by atoms with E-state index in [2.05, 4.69) is 69.9 Å². The van der Waals surface area contributed by atoms with E-state index in [1.54, 1.807) is 11.8 Å². The van der Waals surface area contributed by atoms with Crippen molar-refractivity contribution in [3.8, 4) is 0 Å². The van der Waals surface area contributed by atoms with Gasteiger partial charge in [0, 0.05) is 21.0 Å². The Hall–Kier alpha value is -1.82. The fourth-order valence-corrected chi connectivity index (χ4v) is 3.74. The topological polar surface area (TPSA) is 15.6 Å². The van der Waals surface area contributed by atoms with Crippen LogP contribution in [-0.2, 0) is 0 Å². The van der Waals surface area contributed by atoms with Crippen molar-refractivity contribution in [3.05, 3.63) is 106 Å². The molecule has 0 atom stereocenters. The molecule has 3 aromatic carbocycles. The molecule has 0 aliphatic carbocycles. The van der Waals surface area contributed by atoms with Crippen molar-refractivity contribution in [2.45, 2.75) is 0 Å². The van der Waals surface area contributed by atoms with Crippen LogP contribution < -0.4 is 5.01 Å². The number of benzene rings is 3. The molecule has 0 saturated heterocycles. The lowest BCUT2D eigenvalue weighted by atomic mass is 10.1. The van der Waals surface area contributed by atoms with Crippen molar-refractivity contribution >= 4 is 61.1 Å². The molecule has 0 N–H and O–H groups in total. The second-order valence-electron chi connectivity index (χ2n) is 5.55. The molecule has 0 spiro atoms. The molecule has 0 amide bonds.